The molecule has 2 aromatic rings. The highest BCUT2D eigenvalue weighted by molar-refractivity contribution is 7.92. The maximum absolute atomic E-state index is 13.5. The molecular weight excluding hydrogens is 501 g/mol. The van der Waals surface area contributed by atoms with Gasteiger partial charge in [0.25, 0.3) is 0 Å². The fraction of sp³-hybridized carbons (Fsp3) is 0.391. The summed E-state index contributed by atoms with van der Waals surface area (Å²) in [5.74, 6) is -0.263. The average molecular weight is 530 g/mol. The molecule has 0 bridgehead atoms. The van der Waals surface area contributed by atoms with Crippen molar-refractivity contribution < 1.29 is 22.7 Å². The summed E-state index contributed by atoms with van der Waals surface area (Å²) in [6.45, 7) is 3.51. The molecule has 0 saturated carbocycles. The predicted octanol–water partition coefficient (Wildman–Crippen LogP) is 3.71. The van der Waals surface area contributed by atoms with Crippen molar-refractivity contribution in [1.82, 2.24) is 10.2 Å². The van der Waals surface area contributed by atoms with Gasteiger partial charge in [-0.15, -0.1) is 0 Å². The smallest absolute Gasteiger partial charge is 0.244 e. The van der Waals surface area contributed by atoms with Crippen LogP contribution in [0.25, 0.3) is 0 Å². The molecule has 2 rings (SSSR count). The Morgan fingerprint density at radius 1 is 1.12 bits per heavy atom. The van der Waals surface area contributed by atoms with E-state index in [1.165, 1.54) is 23.1 Å². The summed E-state index contributed by atoms with van der Waals surface area (Å²) in [7, 11) is -2.35. The first kappa shape index (κ1) is 27.8. The Labute approximate surface area is 210 Å². The molecule has 0 aliphatic rings. The quantitative estimate of drug-likeness (QED) is 0.478. The molecule has 11 heteroatoms. The van der Waals surface area contributed by atoms with Crippen LogP contribution in [0.3, 0.4) is 0 Å². The number of nitrogens with zero attached hydrogens (tertiary/aromatic N) is 2. The molecular formula is C23H29Cl2N3O5S. The van der Waals surface area contributed by atoms with E-state index in [1.54, 1.807) is 38.3 Å². The summed E-state index contributed by atoms with van der Waals surface area (Å²) < 4.78 is 31.2. The molecule has 0 aromatic heterocycles. The summed E-state index contributed by atoms with van der Waals surface area (Å²) >= 11 is 12.3. The zero-order valence-corrected chi connectivity index (χ0v) is 21.9. The van der Waals surface area contributed by atoms with Crippen LogP contribution in [0.5, 0.6) is 5.75 Å². The van der Waals surface area contributed by atoms with Crippen LogP contribution in [0.4, 0.5) is 5.69 Å². The third kappa shape index (κ3) is 7.51. The van der Waals surface area contributed by atoms with Crippen LogP contribution in [-0.2, 0) is 26.2 Å². The molecule has 1 N–H and O–H groups in total. The summed E-state index contributed by atoms with van der Waals surface area (Å²) in [5, 5.41) is 3.17. The van der Waals surface area contributed by atoms with Gasteiger partial charge in [-0.2, -0.15) is 0 Å². The number of anilines is 1. The van der Waals surface area contributed by atoms with E-state index in [0.29, 0.717) is 12.3 Å². The number of methoxy groups -OCH3 is 1. The summed E-state index contributed by atoms with van der Waals surface area (Å²) in [5.41, 5.74) is 0.827. The molecule has 8 nitrogen and oxygen atoms in total. The number of carbonyl (C=O) groups is 2. The molecule has 0 saturated heterocycles. The largest absolute Gasteiger partial charge is 0.497 e. The number of sulfonamides is 1. The van der Waals surface area contributed by atoms with Crippen molar-refractivity contribution in [3.63, 3.8) is 0 Å². The maximum atomic E-state index is 13.5. The van der Waals surface area contributed by atoms with Gasteiger partial charge < -0.3 is 15.0 Å². The van der Waals surface area contributed by atoms with Gasteiger partial charge in [-0.25, -0.2) is 8.42 Å². The second-order valence-electron chi connectivity index (χ2n) is 7.70. The Balaban J connectivity index is 2.40. The molecule has 1 atom stereocenters. The lowest BCUT2D eigenvalue weighted by Crippen LogP contribution is -2.51. The Hall–Kier alpha value is -2.49. The molecule has 0 heterocycles. The van der Waals surface area contributed by atoms with Gasteiger partial charge in [0, 0.05) is 18.1 Å². The van der Waals surface area contributed by atoms with Gasteiger partial charge >= 0.3 is 0 Å². The average Bonchev–Trinajstić information content (AvgIpc) is 2.80. The van der Waals surface area contributed by atoms with Crippen molar-refractivity contribution in [3.8, 4) is 5.75 Å². The number of benzene rings is 2. The van der Waals surface area contributed by atoms with Crippen LogP contribution in [0, 0.1) is 0 Å². The lowest BCUT2D eigenvalue weighted by Gasteiger charge is -2.31. The monoisotopic (exact) mass is 529 g/mol. The van der Waals surface area contributed by atoms with Gasteiger partial charge in [-0.05, 0) is 49.2 Å². The first-order valence-corrected chi connectivity index (χ1v) is 13.2. The van der Waals surface area contributed by atoms with Gasteiger partial charge in [0.1, 0.15) is 18.3 Å². The molecule has 0 aliphatic carbocycles. The van der Waals surface area contributed by atoms with Crippen LogP contribution >= 0.6 is 23.2 Å². The fourth-order valence-electron chi connectivity index (χ4n) is 3.18. The van der Waals surface area contributed by atoms with Crippen molar-refractivity contribution in [2.24, 2.45) is 0 Å². The summed E-state index contributed by atoms with van der Waals surface area (Å²) in [4.78, 5) is 27.5. The number of ether oxygens (including phenoxy) is 1. The minimum atomic E-state index is -3.90. The molecule has 0 spiro atoms. The number of rotatable bonds is 11. The van der Waals surface area contributed by atoms with Crippen LogP contribution < -0.4 is 14.4 Å². The molecule has 0 aliphatic heterocycles. The second-order valence-corrected chi connectivity index (χ2v) is 10.5. The number of halogens is 2. The lowest BCUT2D eigenvalue weighted by atomic mass is 10.1. The summed E-state index contributed by atoms with van der Waals surface area (Å²) in [6, 6.07) is 10.5. The van der Waals surface area contributed by atoms with E-state index in [-0.39, 0.29) is 28.2 Å². The Bertz CT molecular complexity index is 1110. The molecule has 2 aromatic carbocycles. The van der Waals surface area contributed by atoms with Crippen LogP contribution in [0.2, 0.25) is 10.0 Å². The number of hydrogen-bond acceptors (Lipinski definition) is 5. The molecule has 0 radical (unpaired) electrons. The third-order valence-electron chi connectivity index (χ3n) is 5.08. The van der Waals surface area contributed by atoms with Crippen molar-refractivity contribution in [3.05, 3.63) is 58.1 Å². The topological polar surface area (TPSA) is 96.0 Å². The number of hydrogen-bond donors (Lipinski definition) is 1. The van der Waals surface area contributed by atoms with E-state index in [1.807, 2.05) is 6.92 Å². The predicted molar refractivity (Wildman–Crippen MR) is 135 cm³/mol. The highest BCUT2D eigenvalue weighted by Gasteiger charge is 2.30. The van der Waals surface area contributed by atoms with Crippen molar-refractivity contribution in [2.75, 3.05) is 30.8 Å². The Morgan fingerprint density at radius 2 is 1.76 bits per heavy atom. The van der Waals surface area contributed by atoms with Gasteiger partial charge in [0.2, 0.25) is 21.8 Å². The second kappa shape index (κ2) is 12.3. The fourth-order valence-corrected chi connectivity index (χ4v) is 4.47. The first-order chi connectivity index (χ1) is 16.0. The standard InChI is InChI=1S/C23H29Cl2N3O5S/c1-5-12-26-23(30)16(2)27(14-17-6-9-19(33-3)10-7-17)22(29)15-28(34(4,31)32)21-13-18(24)8-11-20(21)25/h6-11,13,16H,5,12,14-15H2,1-4H3,(H,26,30)/t16-/m0/s1. The molecule has 186 valence electrons. The first-order valence-electron chi connectivity index (χ1n) is 10.6. The summed E-state index contributed by atoms with van der Waals surface area (Å²) in [6.07, 6.45) is 1.71. The van der Waals surface area contributed by atoms with Crippen LogP contribution in [-0.4, -0.2) is 57.6 Å². The van der Waals surface area contributed by atoms with Crippen molar-refractivity contribution in [1.29, 1.82) is 0 Å². The van der Waals surface area contributed by atoms with Gasteiger partial charge in [-0.3, -0.25) is 13.9 Å². The van der Waals surface area contributed by atoms with Crippen LogP contribution in [0.1, 0.15) is 25.8 Å². The van der Waals surface area contributed by atoms with Crippen LogP contribution in [0.15, 0.2) is 42.5 Å². The number of nitrogens with one attached hydrogen (secondary N) is 1. The lowest BCUT2D eigenvalue weighted by molar-refractivity contribution is -0.139. The Morgan fingerprint density at radius 3 is 2.32 bits per heavy atom. The van der Waals surface area contributed by atoms with E-state index in [2.05, 4.69) is 5.32 Å². The molecule has 0 unspecified atom stereocenters. The molecule has 34 heavy (non-hydrogen) atoms. The maximum Gasteiger partial charge on any atom is 0.244 e. The van der Waals surface area contributed by atoms with E-state index in [4.69, 9.17) is 27.9 Å². The zero-order chi connectivity index (χ0) is 25.5. The highest BCUT2D eigenvalue weighted by atomic mass is 35.5. The van der Waals surface area contributed by atoms with Gasteiger partial charge in [0.15, 0.2) is 0 Å². The highest BCUT2D eigenvalue weighted by Crippen LogP contribution is 2.31. The minimum Gasteiger partial charge on any atom is -0.497 e. The molecule has 2 amide bonds. The normalized spacial score (nSPS) is 12.1. The van der Waals surface area contributed by atoms with E-state index in [9.17, 15) is 18.0 Å². The van der Waals surface area contributed by atoms with E-state index in [0.717, 1.165) is 22.5 Å². The Kier molecular flexibility index (Phi) is 10.0. The van der Waals surface area contributed by atoms with Gasteiger partial charge in [-0.1, -0.05) is 42.3 Å². The van der Waals surface area contributed by atoms with E-state index < -0.39 is 28.5 Å². The number of carbonyl (C=O) groups excluding carboxylic acids is 2. The zero-order valence-electron chi connectivity index (χ0n) is 19.5. The number of amides is 2. The minimum absolute atomic E-state index is 0.0810. The van der Waals surface area contributed by atoms with Crippen molar-refractivity contribution in [2.45, 2.75) is 32.9 Å². The van der Waals surface area contributed by atoms with Gasteiger partial charge in [0.05, 0.1) is 24.1 Å². The molecule has 0 fully saturated rings. The van der Waals surface area contributed by atoms with E-state index >= 15 is 0 Å². The van der Waals surface area contributed by atoms with Crippen molar-refractivity contribution >= 4 is 50.7 Å². The SMILES string of the molecule is CCCNC(=O)[C@H](C)N(Cc1ccc(OC)cc1)C(=O)CN(c1cc(Cl)ccc1Cl)S(C)(=O)=O. The third-order valence-corrected chi connectivity index (χ3v) is 6.77.